The number of benzene rings is 2. The number of nitrogens with one attached hydrogen (secondary N) is 1. The number of hydrogen-bond acceptors (Lipinski definition) is 5. The smallest absolute Gasteiger partial charge is 0.404 e. The second kappa shape index (κ2) is 12.2. The van der Waals surface area contributed by atoms with E-state index in [1.54, 1.807) is 11.0 Å². The lowest BCUT2D eigenvalue weighted by Gasteiger charge is -2.38. The molecule has 0 aromatic heterocycles. The molecule has 1 heterocycles. The van der Waals surface area contributed by atoms with Gasteiger partial charge in [-0.1, -0.05) is 42.0 Å². The number of anilines is 1. The Kier molecular flexibility index (Phi) is 9.69. The first kappa shape index (κ1) is 26.9. The van der Waals surface area contributed by atoms with Crippen LogP contribution in [-0.2, 0) is 16.1 Å². The Balaban J connectivity index is 0.000000945. The number of nitrogens with zero attached hydrogens (tertiary/aromatic N) is 2. The Morgan fingerprint density at radius 1 is 1.18 bits per heavy atom. The molecule has 2 unspecified atom stereocenters. The number of para-hydroxylation sites is 2. The number of hydrogen-bond donors (Lipinski definition) is 2. The topological polar surface area (TPSA) is 91.3 Å². The van der Waals surface area contributed by atoms with Crippen molar-refractivity contribution < 1.29 is 37.4 Å². The zero-order valence-electron chi connectivity index (χ0n) is 19.1. The van der Waals surface area contributed by atoms with Gasteiger partial charge in [-0.15, -0.1) is 13.2 Å². The number of alkyl halides is 3. The van der Waals surface area contributed by atoms with E-state index >= 15 is 0 Å². The fourth-order valence-corrected chi connectivity index (χ4v) is 3.53. The first-order chi connectivity index (χ1) is 16.0. The molecule has 0 spiro atoms. The van der Waals surface area contributed by atoms with Crippen LogP contribution in [0.3, 0.4) is 0 Å². The van der Waals surface area contributed by atoms with E-state index in [1.807, 2.05) is 45.0 Å². The monoisotopic (exact) mass is 483 g/mol. The second-order valence-corrected chi connectivity index (χ2v) is 7.78. The van der Waals surface area contributed by atoms with E-state index in [0.717, 1.165) is 11.1 Å². The van der Waals surface area contributed by atoms with Crippen molar-refractivity contribution in [3.8, 4) is 5.75 Å². The third-order valence-corrected chi connectivity index (χ3v) is 4.82. The van der Waals surface area contributed by atoms with Crippen molar-refractivity contribution in [2.45, 2.75) is 45.9 Å². The van der Waals surface area contributed by atoms with Gasteiger partial charge >= 0.3 is 12.4 Å². The van der Waals surface area contributed by atoms with Gasteiger partial charge in [-0.2, -0.15) is 0 Å². The van der Waals surface area contributed by atoms with E-state index in [-0.39, 0.29) is 30.9 Å². The van der Waals surface area contributed by atoms with Crippen molar-refractivity contribution >= 4 is 18.1 Å². The van der Waals surface area contributed by atoms with Crippen LogP contribution in [0.25, 0.3) is 0 Å². The molecule has 186 valence electrons. The maximum Gasteiger partial charge on any atom is 0.573 e. The summed E-state index contributed by atoms with van der Waals surface area (Å²) in [6, 6.07) is 12.8. The summed E-state index contributed by atoms with van der Waals surface area (Å²) in [4.78, 5) is 25.2. The third kappa shape index (κ3) is 8.23. The van der Waals surface area contributed by atoms with Crippen molar-refractivity contribution in [3.05, 3.63) is 59.7 Å². The van der Waals surface area contributed by atoms with Crippen LogP contribution in [0.15, 0.2) is 48.5 Å². The number of aryl methyl sites for hydroxylation is 1. The van der Waals surface area contributed by atoms with Gasteiger partial charge in [0.25, 0.3) is 0 Å². The van der Waals surface area contributed by atoms with E-state index in [0.29, 0.717) is 13.1 Å². The highest BCUT2D eigenvalue weighted by molar-refractivity contribution is 5.93. The molecule has 3 amide bonds. The van der Waals surface area contributed by atoms with E-state index in [9.17, 15) is 18.0 Å². The van der Waals surface area contributed by atoms with E-state index < -0.39 is 18.1 Å². The lowest BCUT2D eigenvalue weighted by Crippen LogP contribution is -2.53. The van der Waals surface area contributed by atoms with Crippen molar-refractivity contribution in [2.24, 2.45) is 0 Å². The Labute approximate surface area is 195 Å². The quantitative estimate of drug-likeness (QED) is 0.377. The van der Waals surface area contributed by atoms with Crippen molar-refractivity contribution in [1.29, 1.82) is 0 Å². The highest BCUT2D eigenvalue weighted by atomic mass is 19.4. The minimum Gasteiger partial charge on any atom is -0.404 e. The second-order valence-electron chi connectivity index (χ2n) is 7.78. The van der Waals surface area contributed by atoms with E-state index in [2.05, 4.69) is 4.74 Å². The highest BCUT2D eigenvalue weighted by Gasteiger charge is 2.35. The average molecular weight is 483 g/mol. The molecule has 1 fully saturated rings. The molecule has 2 aromatic rings. The fraction of sp³-hybridized carbons (Fsp3) is 0.391. The minimum absolute atomic E-state index is 0.0622. The van der Waals surface area contributed by atoms with Crippen LogP contribution in [0, 0.1) is 6.92 Å². The molecule has 2 atom stereocenters. The molecule has 1 saturated heterocycles. The van der Waals surface area contributed by atoms with Crippen molar-refractivity contribution in [1.82, 2.24) is 10.4 Å². The van der Waals surface area contributed by atoms with Gasteiger partial charge in [-0.25, -0.2) is 10.3 Å². The van der Waals surface area contributed by atoms with Crippen LogP contribution < -0.4 is 15.1 Å². The number of ether oxygens (including phenoxy) is 2. The summed E-state index contributed by atoms with van der Waals surface area (Å²) in [5.41, 5.74) is 3.16. The molecule has 2 N–H and O–H groups in total. The molecule has 0 saturated carbocycles. The van der Waals surface area contributed by atoms with Gasteiger partial charge in [0.05, 0.1) is 24.4 Å². The Morgan fingerprint density at radius 2 is 1.74 bits per heavy atom. The van der Waals surface area contributed by atoms with Crippen LogP contribution >= 0.6 is 0 Å². The lowest BCUT2D eigenvalue weighted by molar-refractivity contribution is -0.274. The predicted octanol–water partition coefficient (Wildman–Crippen LogP) is 4.25. The van der Waals surface area contributed by atoms with E-state index in [1.165, 1.54) is 28.6 Å². The summed E-state index contributed by atoms with van der Waals surface area (Å²) in [5, 5.41) is 7.26. The molecular formula is C23H28F3N3O5. The Morgan fingerprint density at radius 3 is 2.26 bits per heavy atom. The summed E-state index contributed by atoms with van der Waals surface area (Å²) in [5.74, 6) is -0.417. The van der Waals surface area contributed by atoms with Gasteiger partial charge in [0, 0.05) is 13.1 Å². The van der Waals surface area contributed by atoms with Gasteiger partial charge in [-0.3, -0.25) is 14.9 Å². The normalized spacial score (nSPS) is 17.8. The predicted molar refractivity (Wildman–Crippen MR) is 118 cm³/mol. The molecule has 1 aliphatic heterocycles. The molecule has 8 nitrogen and oxygen atoms in total. The number of halogens is 3. The maximum atomic E-state index is 13.4. The largest absolute Gasteiger partial charge is 0.573 e. The number of rotatable bonds is 5. The molecule has 11 heteroatoms. The van der Waals surface area contributed by atoms with Gasteiger partial charge in [0.2, 0.25) is 6.41 Å². The summed E-state index contributed by atoms with van der Waals surface area (Å²) in [6.07, 6.45) is -5.02. The van der Waals surface area contributed by atoms with Crippen LogP contribution in [-0.4, -0.2) is 54.2 Å². The summed E-state index contributed by atoms with van der Waals surface area (Å²) in [7, 11) is 0. The fourth-order valence-electron chi connectivity index (χ4n) is 3.53. The van der Waals surface area contributed by atoms with Crippen LogP contribution in [0.5, 0.6) is 5.75 Å². The summed E-state index contributed by atoms with van der Waals surface area (Å²) >= 11 is 0. The zero-order valence-corrected chi connectivity index (χ0v) is 19.1. The molecule has 34 heavy (non-hydrogen) atoms. The number of hydroxylamine groups is 1. The maximum absolute atomic E-state index is 13.4. The number of amides is 3. The molecule has 1 aliphatic rings. The number of carbonyl (C=O) groups excluding carboxylic acids is 2. The summed E-state index contributed by atoms with van der Waals surface area (Å²) < 4.78 is 48.8. The van der Waals surface area contributed by atoms with Gasteiger partial charge in [0.1, 0.15) is 0 Å². The number of urea groups is 1. The van der Waals surface area contributed by atoms with Gasteiger partial charge in [0.15, 0.2) is 5.75 Å². The molecule has 0 radical (unpaired) electrons. The zero-order chi connectivity index (χ0) is 25.3. The molecule has 3 rings (SSSR count). The summed E-state index contributed by atoms with van der Waals surface area (Å²) in [6.45, 7) is 6.49. The standard InChI is InChI=1S/C22H25F3N2O3.CH3NO2/c1-15-8-10-18(11-9-15)14-27(21(28)26-12-16(2)29-17(3)13-26)19-6-4-5-7-20(19)30-22(23,24)25;3-1-2-4/h4-11,16-17H,12-14H2,1-3H3;1,4H,(H,2,3). The molecule has 0 bridgehead atoms. The molecular weight excluding hydrogens is 455 g/mol. The van der Waals surface area contributed by atoms with Crippen LogP contribution in [0.4, 0.5) is 23.7 Å². The first-order valence-electron chi connectivity index (χ1n) is 10.5. The lowest BCUT2D eigenvalue weighted by atomic mass is 10.1. The van der Waals surface area contributed by atoms with Crippen molar-refractivity contribution in [2.75, 3.05) is 18.0 Å². The van der Waals surface area contributed by atoms with Gasteiger partial charge < -0.3 is 14.4 Å². The van der Waals surface area contributed by atoms with Crippen molar-refractivity contribution in [3.63, 3.8) is 0 Å². The Bertz CT molecular complexity index is 930. The SMILES string of the molecule is Cc1ccc(CN(C(=O)N2CC(C)OC(C)C2)c2ccccc2OC(F)(F)F)cc1.O=CNO. The minimum atomic E-state index is -4.86. The van der Waals surface area contributed by atoms with Gasteiger partial charge in [-0.05, 0) is 38.5 Å². The highest BCUT2D eigenvalue weighted by Crippen LogP contribution is 2.34. The number of carbonyl (C=O) groups is 2. The van der Waals surface area contributed by atoms with E-state index in [4.69, 9.17) is 14.7 Å². The Hall–Kier alpha value is -3.31. The van der Waals surface area contributed by atoms with Crippen LogP contribution in [0.2, 0.25) is 0 Å². The molecule has 0 aliphatic carbocycles. The third-order valence-electron chi connectivity index (χ3n) is 4.82. The van der Waals surface area contributed by atoms with Crippen LogP contribution in [0.1, 0.15) is 25.0 Å². The average Bonchev–Trinajstić information content (AvgIpc) is 2.77. The number of morpholine rings is 1. The first-order valence-corrected chi connectivity index (χ1v) is 10.5. The molecule has 2 aromatic carbocycles.